The van der Waals surface area contributed by atoms with Gasteiger partial charge in [0.1, 0.15) is 11.3 Å². The number of fused-ring (bicyclic) bond motifs is 1. The van der Waals surface area contributed by atoms with Gasteiger partial charge in [0.2, 0.25) is 0 Å². The van der Waals surface area contributed by atoms with Crippen LogP contribution in [0.1, 0.15) is 31.1 Å². The van der Waals surface area contributed by atoms with Gasteiger partial charge in [-0.15, -0.1) is 18.3 Å². The van der Waals surface area contributed by atoms with Gasteiger partial charge in [0.25, 0.3) is 5.91 Å². The van der Waals surface area contributed by atoms with E-state index in [0.29, 0.717) is 22.2 Å². The minimum atomic E-state index is -4.78. The van der Waals surface area contributed by atoms with Crippen LogP contribution in [0.25, 0.3) is 11.0 Å². The molecule has 0 aliphatic rings. The molecule has 0 aliphatic carbocycles. The molecule has 1 aromatic heterocycles. The maximum absolute atomic E-state index is 12.5. The zero-order chi connectivity index (χ0) is 21.4. The van der Waals surface area contributed by atoms with Crippen molar-refractivity contribution in [1.29, 1.82) is 0 Å². The number of nitrogens with zero attached hydrogens (tertiary/aromatic N) is 3. The molecule has 0 bridgehead atoms. The highest BCUT2D eigenvalue weighted by atomic mass is 79.9. The lowest BCUT2D eigenvalue weighted by Crippen LogP contribution is -2.17. The highest BCUT2D eigenvalue weighted by Crippen LogP contribution is 2.31. The van der Waals surface area contributed by atoms with E-state index in [2.05, 4.69) is 57.1 Å². The second kappa shape index (κ2) is 7.66. The van der Waals surface area contributed by atoms with Crippen LogP contribution in [0.15, 0.2) is 40.9 Å². The molecule has 0 atom stereocenters. The first-order valence-electron chi connectivity index (χ1n) is 8.62. The van der Waals surface area contributed by atoms with Crippen LogP contribution in [0, 0.1) is 5.41 Å². The van der Waals surface area contributed by atoms with E-state index in [4.69, 9.17) is 0 Å². The van der Waals surface area contributed by atoms with Crippen LogP contribution in [0.5, 0.6) is 5.75 Å². The molecule has 1 amide bonds. The standard InChI is InChI=1S/C19H18BrF3N4O2/c1-18(2,3)10-27-14-9-8-13(15(20)16(14)25-26-27)24-17(28)11-4-6-12(7-5-11)29-19(21,22)23/h4-9H,10H2,1-3H3,(H,24,28). The fraction of sp³-hybridized carbons (Fsp3) is 0.316. The molecule has 3 aromatic rings. The monoisotopic (exact) mass is 470 g/mol. The van der Waals surface area contributed by atoms with Crippen molar-refractivity contribution in [1.82, 2.24) is 15.0 Å². The summed E-state index contributed by atoms with van der Waals surface area (Å²) in [6, 6.07) is 8.19. The molecule has 1 N–H and O–H groups in total. The number of amides is 1. The molecule has 29 heavy (non-hydrogen) atoms. The molecule has 2 aromatic carbocycles. The van der Waals surface area contributed by atoms with Gasteiger partial charge < -0.3 is 10.1 Å². The summed E-state index contributed by atoms with van der Waals surface area (Å²) in [5.41, 5.74) is 2.09. The minimum absolute atomic E-state index is 0.0159. The number of hydrogen-bond donors (Lipinski definition) is 1. The molecular weight excluding hydrogens is 453 g/mol. The van der Waals surface area contributed by atoms with Gasteiger partial charge in [-0.25, -0.2) is 4.68 Å². The number of anilines is 1. The van der Waals surface area contributed by atoms with Gasteiger partial charge in [0.15, 0.2) is 0 Å². The maximum atomic E-state index is 12.5. The van der Waals surface area contributed by atoms with E-state index >= 15 is 0 Å². The lowest BCUT2D eigenvalue weighted by molar-refractivity contribution is -0.274. The summed E-state index contributed by atoms with van der Waals surface area (Å²) in [6.07, 6.45) is -4.78. The topological polar surface area (TPSA) is 69.0 Å². The number of carbonyl (C=O) groups is 1. The van der Waals surface area contributed by atoms with E-state index in [1.54, 1.807) is 10.7 Å². The summed E-state index contributed by atoms with van der Waals surface area (Å²) in [5, 5.41) is 11.1. The molecule has 1 heterocycles. The van der Waals surface area contributed by atoms with Crippen LogP contribution in [-0.4, -0.2) is 27.3 Å². The van der Waals surface area contributed by atoms with Crippen molar-refractivity contribution in [3.8, 4) is 5.75 Å². The minimum Gasteiger partial charge on any atom is -0.406 e. The second-order valence-electron chi connectivity index (χ2n) is 7.63. The van der Waals surface area contributed by atoms with Gasteiger partial charge in [-0.3, -0.25) is 4.79 Å². The van der Waals surface area contributed by atoms with Crippen molar-refractivity contribution >= 4 is 38.6 Å². The first-order valence-corrected chi connectivity index (χ1v) is 9.41. The Labute approximate surface area is 173 Å². The van der Waals surface area contributed by atoms with Crippen molar-refractivity contribution in [3.63, 3.8) is 0 Å². The van der Waals surface area contributed by atoms with E-state index in [1.807, 2.05) is 6.07 Å². The summed E-state index contributed by atoms with van der Waals surface area (Å²) in [5.74, 6) is -0.877. The summed E-state index contributed by atoms with van der Waals surface area (Å²) in [7, 11) is 0. The van der Waals surface area contributed by atoms with E-state index in [1.165, 1.54) is 12.1 Å². The molecule has 0 radical (unpaired) electrons. The van der Waals surface area contributed by atoms with Crippen LogP contribution >= 0.6 is 15.9 Å². The zero-order valence-electron chi connectivity index (χ0n) is 15.8. The third kappa shape index (κ3) is 5.26. The average molecular weight is 471 g/mol. The van der Waals surface area contributed by atoms with E-state index < -0.39 is 18.0 Å². The Hall–Kier alpha value is -2.62. The molecule has 0 saturated carbocycles. The molecule has 0 fully saturated rings. The smallest absolute Gasteiger partial charge is 0.406 e. The number of alkyl halides is 3. The van der Waals surface area contributed by atoms with Gasteiger partial charge in [-0.2, -0.15) is 0 Å². The molecular formula is C19H18BrF3N4O2. The van der Waals surface area contributed by atoms with Crippen LogP contribution in [0.3, 0.4) is 0 Å². The average Bonchev–Trinajstić information content (AvgIpc) is 2.98. The first kappa shape index (κ1) is 21.1. The molecule has 3 rings (SSSR count). The fourth-order valence-electron chi connectivity index (χ4n) is 2.67. The van der Waals surface area contributed by atoms with E-state index in [-0.39, 0.29) is 11.0 Å². The number of carbonyl (C=O) groups excluding carboxylic acids is 1. The Morgan fingerprint density at radius 2 is 1.79 bits per heavy atom. The summed E-state index contributed by atoms with van der Waals surface area (Å²) in [4.78, 5) is 12.5. The molecule has 10 heteroatoms. The molecule has 6 nitrogen and oxygen atoms in total. The van der Waals surface area contributed by atoms with Crippen molar-refractivity contribution in [3.05, 3.63) is 46.4 Å². The van der Waals surface area contributed by atoms with Crippen LogP contribution in [0.4, 0.5) is 18.9 Å². The quantitative estimate of drug-likeness (QED) is 0.554. The number of nitrogens with one attached hydrogen (secondary N) is 1. The predicted molar refractivity (Wildman–Crippen MR) is 106 cm³/mol. The Kier molecular flexibility index (Phi) is 5.57. The Bertz CT molecular complexity index is 1040. The molecule has 0 spiro atoms. The summed E-state index contributed by atoms with van der Waals surface area (Å²) >= 11 is 3.44. The molecule has 0 saturated heterocycles. The van der Waals surface area contributed by atoms with Gasteiger partial charge in [-0.05, 0) is 57.7 Å². The highest BCUT2D eigenvalue weighted by Gasteiger charge is 2.31. The largest absolute Gasteiger partial charge is 0.573 e. The zero-order valence-corrected chi connectivity index (χ0v) is 17.4. The number of ether oxygens (including phenoxy) is 1. The second-order valence-corrected chi connectivity index (χ2v) is 8.42. The first-order chi connectivity index (χ1) is 13.4. The predicted octanol–water partition coefficient (Wildman–Crippen LogP) is 5.39. The molecule has 0 unspecified atom stereocenters. The lowest BCUT2D eigenvalue weighted by atomic mass is 9.97. The van der Waals surface area contributed by atoms with Crippen LogP contribution in [0.2, 0.25) is 0 Å². The maximum Gasteiger partial charge on any atom is 0.573 e. The van der Waals surface area contributed by atoms with E-state index in [9.17, 15) is 18.0 Å². The van der Waals surface area contributed by atoms with E-state index in [0.717, 1.165) is 17.6 Å². The third-order valence-corrected chi connectivity index (χ3v) is 4.65. The number of hydrogen-bond acceptors (Lipinski definition) is 4. The van der Waals surface area contributed by atoms with Gasteiger partial charge in [0, 0.05) is 12.1 Å². The van der Waals surface area contributed by atoms with Crippen molar-refractivity contribution in [2.24, 2.45) is 5.41 Å². The van der Waals surface area contributed by atoms with Crippen LogP contribution in [-0.2, 0) is 6.54 Å². The Morgan fingerprint density at radius 1 is 1.14 bits per heavy atom. The van der Waals surface area contributed by atoms with Crippen LogP contribution < -0.4 is 10.1 Å². The van der Waals surface area contributed by atoms with Gasteiger partial charge >= 0.3 is 6.36 Å². The normalized spacial score (nSPS) is 12.2. The van der Waals surface area contributed by atoms with Crippen molar-refractivity contribution in [2.75, 3.05) is 5.32 Å². The number of rotatable bonds is 4. The number of benzene rings is 2. The van der Waals surface area contributed by atoms with Gasteiger partial charge in [0.05, 0.1) is 15.7 Å². The highest BCUT2D eigenvalue weighted by molar-refractivity contribution is 9.10. The number of aromatic nitrogens is 3. The fourth-order valence-corrected chi connectivity index (χ4v) is 3.18. The van der Waals surface area contributed by atoms with Gasteiger partial charge in [-0.1, -0.05) is 26.0 Å². The molecule has 154 valence electrons. The lowest BCUT2D eigenvalue weighted by Gasteiger charge is -2.18. The summed E-state index contributed by atoms with van der Waals surface area (Å²) in [6.45, 7) is 6.95. The Morgan fingerprint density at radius 3 is 2.38 bits per heavy atom. The number of halogens is 4. The summed E-state index contributed by atoms with van der Waals surface area (Å²) < 4.78 is 42.9. The molecule has 0 aliphatic heterocycles. The Balaban J connectivity index is 1.79. The van der Waals surface area contributed by atoms with Crippen molar-refractivity contribution < 1.29 is 22.7 Å². The van der Waals surface area contributed by atoms with Crippen molar-refractivity contribution in [2.45, 2.75) is 33.7 Å². The third-order valence-electron chi connectivity index (χ3n) is 3.85. The SMILES string of the molecule is CC(C)(C)Cn1nnc2c(Br)c(NC(=O)c3ccc(OC(F)(F)F)cc3)ccc21.